The maximum absolute atomic E-state index is 3.42. The van der Waals surface area contributed by atoms with Crippen LogP contribution in [0.5, 0.6) is 0 Å². The Balaban J connectivity index is 3.18. The first kappa shape index (κ1) is 12.8. The van der Waals surface area contributed by atoms with Gasteiger partial charge in [0.25, 0.3) is 0 Å². The molecule has 0 aromatic heterocycles. The molecule has 0 heterocycles. The van der Waals surface area contributed by atoms with Crippen LogP contribution in [0.1, 0.15) is 25.0 Å². The van der Waals surface area contributed by atoms with Crippen LogP contribution in [0, 0.1) is 11.5 Å². The van der Waals surface area contributed by atoms with E-state index < -0.39 is 8.07 Å². The predicted molar refractivity (Wildman–Crippen MR) is 76.0 cm³/mol. The van der Waals surface area contributed by atoms with Crippen LogP contribution >= 0.6 is 0 Å². The molecule has 1 heteroatoms. The summed E-state index contributed by atoms with van der Waals surface area (Å²) >= 11 is 0. The van der Waals surface area contributed by atoms with E-state index in [1.165, 1.54) is 11.1 Å². The van der Waals surface area contributed by atoms with E-state index >= 15 is 0 Å². The van der Waals surface area contributed by atoms with Crippen molar-refractivity contribution in [2.75, 3.05) is 0 Å². The second-order valence-electron chi connectivity index (χ2n) is 5.02. The minimum absolute atomic E-state index is 1.15. The summed E-state index contributed by atoms with van der Waals surface area (Å²) in [6.07, 6.45) is 2.13. The highest BCUT2D eigenvalue weighted by Gasteiger charge is 2.08. The average Bonchev–Trinajstić information content (AvgIpc) is 2.25. The molecule has 0 saturated carbocycles. The van der Waals surface area contributed by atoms with Crippen LogP contribution in [0.4, 0.5) is 0 Å². The van der Waals surface area contributed by atoms with Gasteiger partial charge in [0.15, 0.2) is 0 Å². The summed E-state index contributed by atoms with van der Waals surface area (Å²) < 4.78 is 0. The van der Waals surface area contributed by atoms with Crippen LogP contribution in [-0.4, -0.2) is 8.07 Å². The lowest BCUT2D eigenvalue weighted by atomic mass is 10.0. The quantitative estimate of drug-likeness (QED) is 0.495. The van der Waals surface area contributed by atoms with Gasteiger partial charge in [0.2, 0.25) is 0 Å². The molecule has 1 rings (SSSR count). The summed E-state index contributed by atoms with van der Waals surface area (Å²) in [4.78, 5) is 0. The number of rotatable bonds is 1. The zero-order valence-electron chi connectivity index (χ0n) is 10.9. The van der Waals surface area contributed by atoms with Crippen molar-refractivity contribution < 1.29 is 0 Å². The molecule has 0 N–H and O–H groups in total. The Morgan fingerprint density at radius 1 is 1.19 bits per heavy atom. The summed E-state index contributed by atoms with van der Waals surface area (Å²) in [6, 6.07) is 8.38. The van der Waals surface area contributed by atoms with Gasteiger partial charge in [-0.25, -0.2) is 0 Å². The SMILES string of the molecule is C/C=C(\C)c1ccccc1C#C[Si](C)(C)C. The van der Waals surface area contributed by atoms with E-state index in [0.717, 1.165) is 5.56 Å². The Kier molecular flexibility index (Phi) is 4.15. The second-order valence-corrected chi connectivity index (χ2v) is 9.77. The molecule has 0 unspecified atom stereocenters. The monoisotopic (exact) mass is 228 g/mol. The van der Waals surface area contributed by atoms with Gasteiger partial charge in [-0.3, -0.25) is 0 Å². The Hall–Kier alpha value is -1.26. The molecular formula is C15H20Si. The van der Waals surface area contributed by atoms with E-state index in [2.05, 4.69) is 75.3 Å². The van der Waals surface area contributed by atoms with Gasteiger partial charge in [-0.05, 0) is 31.1 Å². The number of benzene rings is 1. The van der Waals surface area contributed by atoms with E-state index in [9.17, 15) is 0 Å². The summed E-state index contributed by atoms with van der Waals surface area (Å²) in [5.74, 6) is 3.34. The fourth-order valence-corrected chi connectivity index (χ4v) is 1.86. The summed E-state index contributed by atoms with van der Waals surface area (Å²) in [6.45, 7) is 11.0. The first-order valence-electron chi connectivity index (χ1n) is 5.69. The molecule has 0 fully saturated rings. The molecule has 1 aromatic rings. The van der Waals surface area contributed by atoms with Gasteiger partial charge >= 0.3 is 0 Å². The van der Waals surface area contributed by atoms with Crippen LogP contribution in [0.15, 0.2) is 30.3 Å². The Morgan fingerprint density at radius 2 is 1.81 bits per heavy atom. The molecule has 0 spiro atoms. The lowest BCUT2D eigenvalue weighted by Gasteiger charge is -2.06. The van der Waals surface area contributed by atoms with Crippen molar-refractivity contribution in [3.05, 3.63) is 41.5 Å². The Labute approximate surface area is 100 Å². The molecule has 0 amide bonds. The summed E-state index contributed by atoms with van der Waals surface area (Å²) in [7, 11) is -1.29. The van der Waals surface area contributed by atoms with E-state index in [4.69, 9.17) is 0 Å². The maximum Gasteiger partial charge on any atom is 0.129 e. The minimum Gasteiger partial charge on any atom is -0.127 e. The van der Waals surface area contributed by atoms with Crippen LogP contribution in [0.3, 0.4) is 0 Å². The van der Waals surface area contributed by atoms with E-state index in [1.807, 2.05) is 0 Å². The van der Waals surface area contributed by atoms with Gasteiger partial charge < -0.3 is 0 Å². The van der Waals surface area contributed by atoms with Gasteiger partial charge in [0.1, 0.15) is 8.07 Å². The van der Waals surface area contributed by atoms with Gasteiger partial charge in [-0.1, -0.05) is 49.8 Å². The van der Waals surface area contributed by atoms with Crippen molar-refractivity contribution in [1.29, 1.82) is 0 Å². The molecular weight excluding hydrogens is 208 g/mol. The van der Waals surface area contributed by atoms with Crippen molar-refractivity contribution in [3.63, 3.8) is 0 Å². The number of allylic oxidation sites excluding steroid dienone is 2. The third kappa shape index (κ3) is 3.71. The Morgan fingerprint density at radius 3 is 2.38 bits per heavy atom. The topological polar surface area (TPSA) is 0 Å². The van der Waals surface area contributed by atoms with Crippen molar-refractivity contribution in [3.8, 4) is 11.5 Å². The van der Waals surface area contributed by atoms with Crippen LogP contribution < -0.4 is 0 Å². The van der Waals surface area contributed by atoms with Gasteiger partial charge in [-0.15, -0.1) is 5.54 Å². The van der Waals surface area contributed by atoms with Crippen LogP contribution in [0.2, 0.25) is 19.6 Å². The molecule has 1 aromatic carbocycles. The predicted octanol–water partition coefficient (Wildman–Crippen LogP) is 4.34. The Bertz CT molecular complexity index is 450. The molecule has 0 saturated heterocycles. The molecule has 0 aliphatic rings. The zero-order chi connectivity index (χ0) is 12.2. The second kappa shape index (κ2) is 5.18. The standard InChI is InChI=1S/C15H20Si/c1-6-13(2)15-10-8-7-9-14(15)11-12-16(3,4)5/h6-10H,1-5H3/b13-6+. The fraction of sp³-hybridized carbons (Fsp3) is 0.333. The molecule has 84 valence electrons. The number of hydrogen-bond acceptors (Lipinski definition) is 0. The first-order chi connectivity index (χ1) is 7.44. The van der Waals surface area contributed by atoms with E-state index in [1.54, 1.807) is 0 Å². The highest BCUT2D eigenvalue weighted by atomic mass is 28.3. The van der Waals surface area contributed by atoms with Gasteiger partial charge in [-0.2, -0.15) is 0 Å². The average molecular weight is 228 g/mol. The molecule has 0 aliphatic heterocycles. The molecule has 0 aliphatic carbocycles. The molecule has 16 heavy (non-hydrogen) atoms. The normalized spacial score (nSPS) is 11.9. The van der Waals surface area contributed by atoms with Gasteiger partial charge in [0.05, 0.1) is 0 Å². The van der Waals surface area contributed by atoms with E-state index in [-0.39, 0.29) is 0 Å². The lowest BCUT2D eigenvalue weighted by molar-refractivity contribution is 1.51. The zero-order valence-corrected chi connectivity index (χ0v) is 11.9. The van der Waals surface area contributed by atoms with Crippen LogP contribution in [-0.2, 0) is 0 Å². The fourth-order valence-electron chi connectivity index (χ4n) is 1.35. The van der Waals surface area contributed by atoms with Crippen LogP contribution in [0.25, 0.3) is 5.57 Å². The summed E-state index contributed by atoms with van der Waals surface area (Å²) in [5, 5.41) is 0. The largest absolute Gasteiger partial charge is 0.129 e. The highest BCUT2D eigenvalue weighted by molar-refractivity contribution is 6.83. The maximum atomic E-state index is 3.42. The number of hydrogen-bond donors (Lipinski definition) is 0. The van der Waals surface area contributed by atoms with Crippen molar-refractivity contribution in [1.82, 2.24) is 0 Å². The molecule has 0 atom stereocenters. The van der Waals surface area contributed by atoms with Crippen molar-refractivity contribution in [2.24, 2.45) is 0 Å². The third-order valence-corrected chi connectivity index (χ3v) is 3.23. The minimum atomic E-state index is -1.29. The molecule has 0 nitrogen and oxygen atoms in total. The highest BCUT2D eigenvalue weighted by Crippen LogP contribution is 2.17. The van der Waals surface area contributed by atoms with Crippen molar-refractivity contribution >= 4 is 13.6 Å². The van der Waals surface area contributed by atoms with E-state index in [0.29, 0.717) is 0 Å². The lowest BCUT2D eigenvalue weighted by Crippen LogP contribution is -2.16. The molecule has 0 bridgehead atoms. The smallest absolute Gasteiger partial charge is 0.127 e. The van der Waals surface area contributed by atoms with Gasteiger partial charge in [0, 0.05) is 5.56 Å². The van der Waals surface area contributed by atoms with Crippen molar-refractivity contribution in [2.45, 2.75) is 33.5 Å². The third-order valence-electron chi connectivity index (χ3n) is 2.36. The molecule has 0 radical (unpaired) electrons. The first-order valence-corrected chi connectivity index (χ1v) is 9.19. The summed E-state index contributed by atoms with van der Waals surface area (Å²) in [5.41, 5.74) is 7.12.